The number of carbonyl (C=O) groups is 1. The zero-order valence-electron chi connectivity index (χ0n) is 9.44. The van der Waals surface area contributed by atoms with Crippen LogP contribution in [0.4, 0.5) is 10.5 Å². The molecule has 0 fully saturated rings. The zero-order chi connectivity index (χ0) is 12.8. The van der Waals surface area contributed by atoms with Crippen molar-refractivity contribution in [3.63, 3.8) is 0 Å². The standard InChI is InChI=1S/C11H14ClN3OS/c1-15(7-6-10(13)17)11(16)14-9-5-3-2-4-8(9)12/h2-5H,6-7H2,1H3,(H2,13,17)(H,14,16). The van der Waals surface area contributed by atoms with Crippen molar-refractivity contribution in [1.29, 1.82) is 0 Å². The molecule has 1 rings (SSSR count). The third kappa shape index (κ3) is 4.58. The van der Waals surface area contributed by atoms with Crippen LogP contribution in [-0.4, -0.2) is 29.5 Å². The lowest BCUT2D eigenvalue weighted by Gasteiger charge is -2.18. The summed E-state index contributed by atoms with van der Waals surface area (Å²) in [6.45, 7) is 0.478. The van der Waals surface area contributed by atoms with Gasteiger partial charge >= 0.3 is 6.03 Å². The summed E-state index contributed by atoms with van der Waals surface area (Å²) in [6.07, 6.45) is 0.502. The molecule has 0 atom stereocenters. The summed E-state index contributed by atoms with van der Waals surface area (Å²) in [6, 6.07) is 6.81. The van der Waals surface area contributed by atoms with Gasteiger partial charge in [-0.3, -0.25) is 0 Å². The number of hydrogen-bond acceptors (Lipinski definition) is 2. The SMILES string of the molecule is CN(CCC(N)=S)C(=O)Nc1ccccc1Cl. The minimum Gasteiger partial charge on any atom is -0.393 e. The van der Waals surface area contributed by atoms with Crippen LogP contribution in [0.25, 0.3) is 0 Å². The Balaban J connectivity index is 2.54. The Kier molecular flexibility index (Phi) is 5.18. The lowest BCUT2D eigenvalue weighted by molar-refractivity contribution is 0.223. The normalized spacial score (nSPS) is 9.76. The van der Waals surface area contributed by atoms with Gasteiger partial charge in [0.2, 0.25) is 0 Å². The van der Waals surface area contributed by atoms with E-state index in [-0.39, 0.29) is 6.03 Å². The number of thiocarbonyl (C=S) groups is 1. The van der Waals surface area contributed by atoms with E-state index in [1.54, 1.807) is 31.3 Å². The van der Waals surface area contributed by atoms with Crippen molar-refractivity contribution in [2.24, 2.45) is 5.73 Å². The lowest BCUT2D eigenvalue weighted by Crippen LogP contribution is -2.33. The van der Waals surface area contributed by atoms with Gasteiger partial charge in [-0.05, 0) is 12.1 Å². The molecular weight excluding hydrogens is 258 g/mol. The summed E-state index contributed by atoms with van der Waals surface area (Å²) >= 11 is 10.7. The van der Waals surface area contributed by atoms with E-state index in [9.17, 15) is 4.79 Å². The van der Waals surface area contributed by atoms with Crippen LogP contribution in [0.5, 0.6) is 0 Å². The van der Waals surface area contributed by atoms with Gasteiger partial charge in [-0.2, -0.15) is 0 Å². The van der Waals surface area contributed by atoms with Gasteiger partial charge in [0.1, 0.15) is 0 Å². The third-order valence-electron chi connectivity index (χ3n) is 2.16. The molecule has 17 heavy (non-hydrogen) atoms. The minimum atomic E-state index is -0.241. The predicted molar refractivity (Wildman–Crippen MR) is 74.5 cm³/mol. The van der Waals surface area contributed by atoms with Gasteiger partial charge in [-0.15, -0.1) is 0 Å². The first-order chi connectivity index (χ1) is 8.00. The molecule has 1 aromatic carbocycles. The van der Waals surface area contributed by atoms with Gasteiger partial charge in [-0.1, -0.05) is 36.0 Å². The smallest absolute Gasteiger partial charge is 0.321 e. The van der Waals surface area contributed by atoms with Crippen molar-refractivity contribution in [1.82, 2.24) is 4.90 Å². The largest absolute Gasteiger partial charge is 0.393 e. The molecule has 0 unspecified atom stereocenters. The number of hydrogen-bond donors (Lipinski definition) is 2. The molecule has 0 radical (unpaired) electrons. The van der Waals surface area contributed by atoms with Crippen molar-refractivity contribution in [3.8, 4) is 0 Å². The van der Waals surface area contributed by atoms with Crippen LogP contribution in [-0.2, 0) is 0 Å². The number of nitrogens with one attached hydrogen (secondary N) is 1. The highest BCUT2D eigenvalue weighted by Crippen LogP contribution is 2.20. The van der Waals surface area contributed by atoms with E-state index < -0.39 is 0 Å². The number of anilines is 1. The Morgan fingerprint density at radius 3 is 2.76 bits per heavy atom. The number of rotatable bonds is 4. The molecule has 3 N–H and O–H groups in total. The first-order valence-corrected chi connectivity index (χ1v) is 5.84. The maximum Gasteiger partial charge on any atom is 0.321 e. The predicted octanol–water partition coefficient (Wildman–Crippen LogP) is 2.48. The van der Waals surface area contributed by atoms with Gasteiger partial charge in [0.05, 0.1) is 15.7 Å². The summed E-state index contributed by atoms with van der Waals surface area (Å²) in [4.78, 5) is 13.6. The van der Waals surface area contributed by atoms with Crippen molar-refractivity contribution < 1.29 is 4.79 Å². The maximum atomic E-state index is 11.7. The number of nitrogens with two attached hydrogens (primary N) is 1. The van der Waals surface area contributed by atoms with Gasteiger partial charge in [0.15, 0.2) is 0 Å². The average molecular weight is 272 g/mol. The summed E-state index contributed by atoms with van der Waals surface area (Å²) < 4.78 is 0. The van der Waals surface area contributed by atoms with Crippen LogP contribution in [0.15, 0.2) is 24.3 Å². The minimum absolute atomic E-state index is 0.241. The Morgan fingerprint density at radius 2 is 2.18 bits per heavy atom. The lowest BCUT2D eigenvalue weighted by atomic mass is 10.3. The summed E-state index contributed by atoms with van der Waals surface area (Å²) in [5, 5.41) is 3.21. The molecular formula is C11H14ClN3OS. The fourth-order valence-corrected chi connectivity index (χ4v) is 1.43. The van der Waals surface area contributed by atoms with Gasteiger partial charge in [0, 0.05) is 20.0 Å². The summed E-state index contributed by atoms with van der Waals surface area (Å²) in [5.74, 6) is 0. The summed E-state index contributed by atoms with van der Waals surface area (Å²) in [7, 11) is 1.67. The Hall–Kier alpha value is -1.33. The van der Waals surface area contributed by atoms with Crippen LogP contribution in [0.3, 0.4) is 0 Å². The zero-order valence-corrected chi connectivity index (χ0v) is 11.0. The van der Waals surface area contributed by atoms with Gasteiger partial charge in [-0.25, -0.2) is 4.79 Å². The number of amides is 2. The molecule has 6 heteroatoms. The monoisotopic (exact) mass is 271 g/mol. The second-order valence-electron chi connectivity index (χ2n) is 3.55. The molecule has 0 spiro atoms. The van der Waals surface area contributed by atoms with E-state index in [1.807, 2.05) is 0 Å². The number of carbonyl (C=O) groups excluding carboxylic acids is 1. The van der Waals surface area contributed by atoms with Gasteiger partial charge in [0.25, 0.3) is 0 Å². The molecule has 0 aromatic heterocycles. The van der Waals surface area contributed by atoms with E-state index >= 15 is 0 Å². The summed E-state index contributed by atoms with van der Waals surface area (Å²) in [5.41, 5.74) is 5.95. The van der Waals surface area contributed by atoms with Crippen molar-refractivity contribution in [2.45, 2.75) is 6.42 Å². The van der Waals surface area contributed by atoms with E-state index in [0.717, 1.165) is 0 Å². The quantitative estimate of drug-likeness (QED) is 0.827. The fourth-order valence-electron chi connectivity index (χ4n) is 1.15. The first-order valence-electron chi connectivity index (χ1n) is 5.05. The highest BCUT2D eigenvalue weighted by atomic mass is 35.5. The van der Waals surface area contributed by atoms with Gasteiger partial charge < -0.3 is 16.0 Å². The second kappa shape index (κ2) is 6.42. The molecule has 0 aliphatic rings. The van der Waals surface area contributed by atoms with Crippen LogP contribution < -0.4 is 11.1 Å². The molecule has 0 aliphatic carbocycles. The molecule has 0 saturated carbocycles. The van der Waals surface area contributed by atoms with E-state index in [1.165, 1.54) is 4.90 Å². The number of nitrogens with zero attached hydrogens (tertiary/aromatic N) is 1. The van der Waals surface area contributed by atoms with Crippen LogP contribution in [0.1, 0.15) is 6.42 Å². The molecule has 2 amide bonds. The van der Waals surface area contributed by atoms with Crippen molar-refractivity contribution in [2.75, 3.05) is 18.9 Å². The molecule has 0 saturated heterocycles. The average Bonchev–Trinajstić information content (AvgIpc) is 2.28. The first kappa shape index (κ1) is 13.7. The number of urea groups is 1. The molecule has 4 nitrogen and oxygen atoms in total. The van der Waals surface area contributed by atoms with Crippen LogP contribution in [0.2, 0.25) is 5.02 Å². The Morgan fingerprint density at radius 1 is 1.53 bits per heavy atom. The highest BCUT2D eigenvalue weighted by molar-refractivity contribution is 7.80. The second-order valence-corrected chi connectivity index (χ2v) is 4.48. The fraction of sp³-hybridized carbons (Fsp3) is 0.273. The Bertz CT molecular complexity index is 425. The third-order valence-corrected chi connectivity index (χ3v) is 2.69. The van der Waals surface area contributed by atoms with Crippen LogP contribution >= 0.6 is 23.8 Å². The molecule has 0 aliphatic heterocycles. The molecule has 92 valence electrons. The van der Waals surface area contributed by atoms with E-state index in [0.29, 0.717) is 28.7 Å². The number of para-hydroxylation sites is 1. The van der Waals surface area contributed by atoms with Crippen LogP contribution in [0, 0.1) is 0 Å². The molecule has 0 heterocycles. The Labute approximate surface area is 111 Å². The topological polar surface area (TPSA) is 58.4 Å². The number of benzene rings is 1. The van der Waals surface area contributed by atoms with Crippen molar-refractivity contribution >= 4 is 40.5 Å². The highest BCUT2D eigenvalue weighted by Gasteiger charge is 2.10. The molecule has 1 aromatic rings. The van der Waals surface area contributed by atoms with E-state index in [4.69, 9.17) is 29.6 Å². The molecule has 0 bridgehead atoms. The maximum absolute atomic E-state index is 11.7. The van der Waals surface area contributed by atoms with Crippen molar-refractivity contribution in [3.05, 3.63) is 29.3 Å². The van der Waals surface area contributed by atoms with E-state index in [2.05, 4.69) is 5.32 Å². The number of halogens is 1.